The topological polar surface area (TPSA) is 80.6 Å². The smallest absolute Gasteiger partial charge is 0.322 e. The maximum Gasteiger partial charge on any atom is 0.322 e. The second-order valence-electron chi connectivity index (χ2n) is 6.92. The number of rotatable bonds is 6. The van der Waals surface area contributed by atoms with Gasteiger partial charge in [0.1, 0.15) is 11.5 Å². The first-order chi connectivity index (χ1) is 14.2. The summed E-state index contributed by atoms with van der Waals surface area (Å²) < 4.78 is 21.3. The lowest BCUT2D eigenvalue weighted by atomic mass is 10.1. The zero-order valence-corrected chi connectivity index (χ0v) is 17.6. The van der Waals surface area contributed by atoms with Gasteiger partial charge in [0, 0.05) is 22.7 Å². The maximum absolute atomic E-state index is 14.5. The van der Waals surface area contributed by atoms with Crippen molar-refractivity contribution in [2.75, 3.05) is 13.7 Å². The Morgan fingerprint density at radius 2 is 1.87 bits per heavy atom. The molecule has 1 amide bonds. The Balaban J connectivity index is 2.14. The van der Waals surface area contributed by atoms with Crippen LogP contribution in [-0.4, -0.2) is 40.2 Å². The minimum absolute atomic E-state index is 0.0492. The molecule has 2 aromatic carbocycles. The Morgan fingerprint density at radius 3 is 2.47 bits per heavy atom. The third kappa shape index (κ3) is 4.18. The first kappa shape index (κ1) is 21.4. The van der Waals surface area contributed by atoms with Crippen molar-refractivity contribution in [2.45, 2.75) is 20.3 Å². The van der Waals surface area contributed by atoms with Crippen LogP contribution in [0.2, 0.25) is 0 Å². The van der Waals surface area contributed by atoms with Crippen molar-refractivity contribution < 1.29 is 23.8 Å². The second-order valence-corrected chi connectivity index (χ2v) is 7.31. The van der Waals surface area contributed by atoms with Crippen molar-refractivity contribution in [1.29, 1.82) is 0 Å². The Hall–Kier alpha value is -3.26. The molecule has 1 aromatic heterocycles. The van der Waals surface area contributed by atoms with Crippen LogP contribution in [0.1, 0.15) is 22.4 Å². The number of methoxy groups -OCH3 is 1. The summed E-state index contributed by atoms with van der Waals surface area (Å²) in [5.41, 5.74) is 3.68. The van der Waals surface area contributed by atoms with Gasteiger partial charge in [0.25, 0.3) is 0 Å². The fourth-order valence-corrected chi connectivity index (χ4v) is 3.72. The van der Waals surface area contributed by atoms with Gasteiger partial charge in [-0.25, -0.2) is 4.39 Å². The number of carboxylic acid groups (broad SMARTS) is 1. The third-order valence-corrected chi connectivity index (χ3v) is 5.30. The summed E-state index contributed by atoms with van der Waals surface area (Å²) in [7, 11) is 1.37. The first-order valence-corrected chi connectivity index (χ1v) is 9.61. The second kappa shape index (κ2) is 8.62. The minimum Gasteiger partial charge on any atom is -0.494 e. The molecule has 0 radical (unpaired) electrons. The number of benzene rings is 2. The molecule has 0 bridgehead atoms. The summed E-state index contributed by atoms with van der Waals surface area (Å²) in [5.74, 6) is -2.08. The molecule has 156 valence electrons. The number of aliphatic carboxylic acids is 1. The Labute approximate surface area is 178 Å². The predicted octanol–water partition coefficient (Wildman–Crippen LogP) is 3.37. The van der Waals surface area contributed by atoms with E-state index in [1.165, 1.54) is 19.2 Å². The highest BCUT2D eigenvalue weighted by atomic mass is 32.1. The number of carboxylic acids is 1. The molecule has 30 heavy (non-hydrogen) atoms. The summed E-state index contributed by atoms with van der Waals surface area (Å²) in [5, 5.41) is 11.8. The number of halogens is 1. The molecule has 2 N–H and O–H groups in total. The van der Waals surface area contributed by atoms with Crippen molar-refractivity contribution in [2.24, 2.45) is 0 Å². The van der Waals surface area contributed by atoms with Crippen LogP contribution in [0.4, 0.5) is 4.39 Å². The molecule has 8 heteroatoms. The van der Waals surface area contributed by atoms with Crippen molar-refractivity contribution in [3.8, 4) is 5.75 Å². The van der Waals surface area contributed by atoms with E-state index in [0.29, 0.717) is 27.1 Å². The van der Waals surface area contributed by atoms with E-state index in [1.54, 1.807) is 11.5 Å². The van der Waals surface area contributed by atoms with E-state index in [0.717, 1.165) is 11.1 Å². The molecule has 0 aliphatic heterocycles. The number of aromatic nitrogens is 1. The monoisotopic (exact) mass is 428 g/mol. The molecule has 0 fully saturated rings. The fraction of sp³-hybridized carbons (Fsp3) is 0.227. The normalized spacial score (nSPS) is 10.8. The molecular formula is C22H21FN2O4S. The molecule has 0 spiro atoms. The molecule has 0 saturated carbocycles. The summed E-state index contributed by atoms with van der Waals surface area (Å²) in [6.45, 7) is 3.29. The highest BCUT2D eigenvalue weighted by molar-refractivity contribution is 7.80. The van der Waals surface area contributed by atoms with Crippen molar-refractivity contribution >= 4 is 40.0 Å². The summed E-state index contributed by atoms with van der Waals surface area (Å²) in [4.78, 5) is 23.5. The predicted molar refractivity (Wildman–Crippen MR) is 116 cm³/mol. The standard InChI is InChI=1S/C22H21FN2O4S/c1-12-4-6-14(7-5-12)22(30)25-13(2)15(9-20(26)24-11-21(27)28)16-8-19(29-3)17(23)10-18(16)25/h4-8,10H,9,11H2,1-3H3,(H,24,26)(H,27,28). The van der Waals surface area contributed by atoms with Gasteiger partial charge in [-0.05, 0) is 25.5 Å². The summed E-state index contributed by atoms with van der Waals surface area (Å²) >= 11 is 5.69. The average molecular weight is 428 g/mol. The lowest BCUT2D eigenvalue weighted by Crippen LogP contribution is -2.30. The molecule has 6 nitrogen and oxygen atoms in total. The van der Waals surface area contributed by atoms with E-state index < -0.39 is 24.2 Å². The molecule has 0 aliphatic rings. The van der Waals surface area contributed by atoms with Crippen LogP contribution in [0.25, 0.3) is 10.9 Å². The number of aryl methyl sites for hydroxylation is 1. The van der Waals surface area contributed by atoms with Gasteiger partial charge in [-0.15, -0.1) is 0 Å². The van der Waals surface area contributed by atoms with Crippen molar-refractivity contribution in [3.05, 3.63) is 64.6 Å². The zero-order chi connectivity index (χ0) is 22.0. The van der Waals surface area contributed by atoms with Crippen LogP contribution in [0.3, 0.4) is 0 Å². The minimum atomic E-state index is -1.13. The van der Waals surface area contributed by atoms with Crippen LogP contribution < -0.4 is 10.1 Å². The SMILES string of the molecule is COc1cc2c(CC(=O)NCC(=O)O)c(C)n(C(=S)c3ccc(C)cc3)c2cc1F. The number of thiocarbonyl (C=S) groups is 1. The number of hydrogen-bond acceptors (Lipinski definition) is 4. The molecule has 0 unspecified atom stereocenters. The number of nitrogens with one attached hydrogen (secondary N) is 1. The van der Waals surface area contributed by atoms with E-state index >= 15 is 0 Å². The van der Waals surface area contributed by atoms with E-state index in [-0.39, 0.29) is 12.2 Å². The van der Waals surface area contributed by atoms with Crippen LogP contribution in [0.15, 0.2) is 36.4 Å². The lowest BCUT2D eigenvalue weighted by Gasteiger charge is -2.11. The van der Waals surface area contributed by atoms with E-state index in [2.05, 4.69) is 5.32 Å². The molecule has 1 heterocycles. The highest BCUT2D eigenvalue weighted by Crippen LogP contribution is 2.32. The van der Waals surface area contributed by atoms with Gasteiger partial charge in [0.05, 0.1) is 19.0 Å². The van der Waals surface area contributed by atoms with Gasteiger partial charge in [-0.1, -0.05) is 42.0 Å². The number of ether oxygens (including phenoxy) is 1. The third-order valence-electron chi connectivity index (χ3n) is 4.88. The number of carbonyl (C=O) groups excluding carboxylic acids is 1. The average Bonchev–Trinajstić information content (AvgIpc) is 2.96. The van der Waals surface area contributed by atoms with Crippen LogP contribution in [0, 0.1) is 19.7 Å². The molecular weight excluding hydrogens is 407 g/mol. The number of hydrogen-bond donors (Lipinski definition) is 2. The molecule has 3 aromatic rings. The highest BCUT2D eigenvalue weighted by Gasteiger charge is 2.22. The van der Waals surface area contributed by atoms with Gasteiger partial charge in [0.15, 0.2) is 11.6 Å². The Morgan fingerprint density at radius 1 is 1.20 bits per heavy atom. The molecule has 3 rings (SSSR count). The van der Waals surface area contributed by atoms with Gasteiger partial charge in [-0.2, -0.15) is 0 Å². The van der Waals surface area contributed by atoms with E-state index in [1.807, 2.05) is 31.2 Å². The zero-order valence-electron chi connectivity index (χ0n) is 16.8. The first-order valence-electron chi connectivity index (χ1n) is 9.20. The van der Waals surface area contributed by atoms with Crippen LogP contribution >= 0.6 is 12.2 Å². The van der Waals surface area contributed by atoms with Crippen molar-refractivity contribution in [3.63, 3.8) is 0 Å². The van der Waals surface area contributed by atoms with E-state index in [4.69, 9.17) is 22.1 Å². The van der Waals surface area contributed by atoms with Crippen LogP contribution in [0.5, 0.6) is 5.75 Å². The van der Waals surface area contributed by atoms with Gasteiger partial charge in [0.2, 0.25) is 5.91 Å². The largest absolute Gasteiger partial charge is 0.494 e. The molecule has 0 atom stereocenters. The van der Waals surface area contributed by atoms with Gasteiger partial charge >= 0.3 is 5.97 Å². The number of amides is 1. The van der Waals surface area contributed by atoms with Gasteiger partial charge in [-0.3, -0.25) is 9.59 Å². The number of carbonyl (C=O) groups is 2. The Kier molecular flexibility index (Phi) is 6.17. The number of fused-ring (bicyclic) bond motifs is 1. The summed E-state index contributed by atoms with van der Waals surface area (Å²) in [6.07, 6.45) is -0.0755. The fourth-order valence-electron chi connectivity index (χ4n) is 3.34. The van der Waals surface area contributed by atoms with E-state index in [9.17, 15) is 14.0 Å². The molecule has 0 saturated heterocycles. The molecule has 0 aliphatic carbocycles. The van der Waals surface area contributed by atoms with Gasteiger partial charge < -0.3 is 19.7 Å². The summed E-state index contributed by atoms with van der Waals surface area (Å²) in [6, 6.07) is 10.5. The maximum atomic E-state index is 14.5. The number of nitrogens with zero attached hydrogens (tertiary/aromatic N) is 1. The Bertz CT molecular complexity index is 1150. The van der Waals surface area contributed by atoms with Crippen molar-refractivity contribution in [1.82, 2.24) is 9.88 Å². The lowest BCUT2D eigenvalue weighted by molar-refractivity contribution is -0.137. The quantitative estimate of drug-likeness (QED) is 0.589. The van der Waals surface area contributed by atoms with Crippen LogP contribution in [-0.2, 0) is 16.0 Å².